The van der Waals surface area contributed by atoms with Gasteiger partial charge in [0, 0.05) is 14.1 Å². The van der Waals surface area contributed by atoms with Crippen molar-refractivity contribution in [1.29, 1.82) is 0 Å². The van der Waals surface area contributed by atoms with E-state index in [1.54, 1.807) is 6.92 Å². The minimum absolute atomic E-state index is 0.101. The molecule has 2 aromatic rings. The van der Waals surface area contributed by atoms with Crippen molar-refractivity contribution in [2.24, 2.45) is 14.1 Å². The second-order valence-corrected chi connectivity index (χ2v) is 4.52. The van der Waals surface area contributed by atoms with Gasteiger partial charge in [-0.15, -0.1) is 0 Å². The van der Waals surface area contributed by atoms with E-state index in [2.05, 4.69) is 9.72 Å². The molecule has 0 saturated carbocycles. The number of carbonyl (C=O) groups is 2. The number of imide groups is 1. The van der Waals surface area contributed by atoms with Gasteiger partial charge in [-0.3, -0.25) is 24.0 Å². The molecule has 118 valence electrons. The molecule has 2 rings (SSSR count). The molecular formula is C12H15N5O5. The summed E-state index contributed by atoms with van der Waals surface area (Å²) in [5, 5.41) is 2.02. The molecule has 0 unspecified atom stereocenters. The van der Waals surface area contributed by atoms with E-state index >= 15 is 0 Å². The van der Waals surface area contributed by atoms with Gasteiger partial charge in [-0.2, -0.15) is 0 Å². The number of imidazole rings is 1. The third-order valence-electron chi connectivity index (χ3n) is 3.05. The first kappa shape index (κ1) is 15.5. The van der Waals surface area contributed by atoms with Crippen LogP contribution in [0.25, 0.3) is 11.2 Å². The summed E-state index contributed by atoms with van der Waals surface area (Å²) in [6.07, 6.45) is 0.396. The van der Waals surface area contributed by atoms with E-state index in [0.717, 1.165) is 4.57 Å². The predicted molar refractivity (Wildman–Crippen MR) is 75.4 cm³/mol. The van der Waals surface area contributed by atoms with E-state index in [9.17, 15) is 19.2 Å². The lowest BCUT2D eigenvalue weighted by molar-refractivity contribution is -0.120. The average Bonchev–Trinajstić information content (AvgIpc) is 2.86. The molecule has 0 bridgehead atoms. The van der Waals surface area contributed by atoms with Crippen LogP contribution in [0.4, 0.5) is 4.79 Å². The van der Waals surface area contributed by atoms with Crippen LogP contribution in [0, 0.1) is 0 Å². The Labute approximate surface area is 123 Å². The Kier molecular flexibility index (Phi) is 4.11. The van der Waals surface area contributed by atoms with Crippen molar-refractivity contribution in [2.45, 2.75) is 13.5 Å². The number of nitrogens with zero attached hydrogens (tertiary/aromatic N) is 4. The number of aryl methyl sites for hydroxylation is 1. The van der Waals surface area contributed by atoms with E-state index < -0.39 is 23.2 Å². The molecule has 2 heterocycles. The second-order valence-electron chi connectivity index (χ2n) is 4.52. The lowest BCUT2D eigenvalue weighted by Gasteiger charge is -2.07. The first-order valence-corrected chi connectivity index (χ1v) is 6.44. The summed E-state index contributed by atoms with van der Waals surface area (Å²) < 4.78 is 7.98. The van der Waals surface area contributed by atoms with Crippen LogP contribution < -0.4 is 16.6 Å². The molecule has 2 amide bonds. The number of aromatic nitrogens is 4. The number of ether oxygens (including phenoxy) is 1. The first-order valence-electron chi connectivity index (χ1n) is 6.44. The Bertz CT molecular complexity index is 859. The van der Waals surface area contributed by atoms with Crippen LogP contribution in [-0.4, -0.2) is 37.3 Å². The van der Waals surface area contributed by atoms with Gasteiger partial charge in [0.2, 0.25) is 5.91 Å². The van der Waals surface area contributed by atoms with Crippen molar-refractivity contribution in [3.8, 4) is 0 Å². The summed E-state index contributed by atoms with van der Waals surface area (Å²) in [5.74, 6) is -0.659. The summed E-state index contributed by atoms with van der Waals surface area (Å²) in [6, 6.07) is 0. The number of alkyl carbamates (subject to hydrolysis) is 1. The summed E-state index contributed by atoms with van der Waals surface area (Å²) in [4.78, 5) is 50.8. The van der Waals surface area contributed by atoms with E-state index in [0.29, 0.717) is 0 Å². The van der Waals surface area contributed by atoms with Gasteiger partial charge in [-0.05, 0) is 6.92 Å². The number of hydrogen-bond donors (Lipinski definition) is 1. The molecule has 0 aliphatic heterocycles. The Morgan fingerprint density at radius 3 is 2.59 bits per heavy atom. The normalized spacial score (nSPS) is 10.7. The maximum absolute atomic E-state index is 12.2. The molecule has 2 aromatic heterocycles. The van der Waals surface area contributed by atoms with Crippen LogP contribution in [-0.2, 0) is 30.2 Å². The van der Waals surface area contributed by atoms with Gasteiger partial charge in [0.15, 0.2) is 11.2 Å². The number of amides is 2. The number of fused-ring (bicyclic) bond motifs is 1. The highest BCUT2D eigenvalue weighted by molar-refractivity contribution is 5.92. The van der Waals surface area contributed by atoms with Crippen LogP contribution in [0.3, 0.4) is 0 Å². The lowest BCUT2D eigenvalue weighted by Crippen LogP contribution is -2.38. The fourth-order valence-electron chi connectivity index (χ4n) is 1.99. The highest BCUT2D eigenvalue weighted by Gasteiger charge is 2.16. The molecule has 10 nitrogen and oxygen atoms in total. The number of rotatable bonds is 3. The van der Waals surface area contributed by atoms with Crippen LogP contribution in [0.1, 0.15) is 6.92 Å². The Balaban J connectivity index is 2.38. The van der Waals surface area contributed by atoms with E-state index in [-0.39, 0.29) is 24.3 Å². The van der Waals surface area contributed by atoms with Crippen molar-refractivity contribution >= 4 is 23.2 Å². The number of nitrogens with one attached hydrogen (secondary N) is 1. The molecule has 0 atom stereocenters. The molecular weight excluding hydrogens is 294 g/mol. The maximum Gasteiger partial charge on any atom is 0.413 e. The molecule has 10 heteroatoms. The van der Waals surface area contributed by atoms with Crippen LogP contribution in [0.2, 0.25) is 0 Å². The topological polar surface area (TPSA) is 117 Å². The molecule has 0 radical (unpaired) electrons. The van der Waals surface area contributed by atoms with Gasteiger partial charge < -0.3 is 9.30 Å². The summed E-state index contributed by atoms with van der Waals surface area (Å²) in [5.41, 5.74) is -0.820. The quantitative estimate of drug-likeness (QED) is 0.753. The lowest BCUT2D eigenvalue weighted by atomic mass is 10.4. The van der Waals surface area contributed by atoms with Gasteiger partial charge >= 0.3 is 11.8 Å². The smallest absolute Gasteiger partial charge is 0.413 e. The van der Waals surface area contributed by atoms with E-state index in [1.165, 1.54) is 29.6 Å². The summed E-state index contributed by atoms with van der Waals surface area (Å²) in [7, 11) is 2.81. The molecule has 0 aromatic carbocycles. The zero-order valence-corrected chi connectivity index (χ0v) is 12.3. The highest BCUT2D eigenvalue weighted by atomic mass is 16.5. The second kappa shape index (κ2) is 5.84. The summed E-state index contributed by atoms with van der Waals surface area (Å²) >= 11 is 0. The van der Waals surface area contributed by atoms with Gasteiger partial charge in [0.05, 0.1) is 12.9 Å². The minimum atomic E-state index is -0.864. The Hall–Kier alpha value is -2.91. The Morgan fingerprint density at radius 2 is 1.95 bits per heavy atom. The van der Waals surface area contributed by atoms with E-state index in [4.69, 9.17) is 0 Å². The number of hydrogen-bond acceptors (Lipinski definition) is 6. The van der Waals surface area contributed by atoms with Gasteiger partial charge in [0.1, 0.15) is 6.54 Å². The first-order chi connectivity index (χ1) is 10.4. The van der Waals surface area contributed by atoms with Crippen molar-refractivity contribution in [1.82, 2.24) is 24.0 Å². The molecule has 0 aliphatic carbocycles. The molecule has 0 saturated heterocycles. The molecule has 0 aliphatic rings. The fourth-order valence-corrected chi connectivity index (χ4v) is 1.99. The van der Waals surface area contributed by atoms with Crippen molar-refractivity contribution < 1.29 is 14.3 Å². The third kappa shape index (κ3) is 2.62. The van der Waals surface area contributed by atoms with Crippen molar-refractivity contribution in [2.75, 3.05) is 6.61 Å². The van der Waals surface area contributed by atoms with Gasteiger partial charge in [-0.25, -0.2) is 14.6 Å². The molecule has 22 heavy (non-hydrogen) atoms. The molecule has 0 fully saturated rings. The summed E-state index contributed by atoms with van der Waals surface area (Å²) in [6.45, 7) is 1.44. The predicted octanol–water partition coefficient (Wildman–Crippen LogP) is -1.29. The average molecular weight is 309 g/mol. The van der Waals surface area contributed by atoms with Crippen LogP contribution in [0.15, 0.2) is 15.9 Å². The molecule has 1 N–H and O–H groups in total. The van der Waals surface area contributed by atoms with Crippen LogP contribution >= 0.6 is 0 Å². The standard InChI is InChI=1S/C12H15N5O5/c1-4-22-11(20)14-7(18)5-17-6-13-9-8(17)10(19)16(3)12(21)15(9)2/h6H,4-5H2,1-3H3,(H,14,18,20). The monoisotopic (exact) mass is 309 g/mol. The Morgan fingerprint density at radius 1 is 1.27 bits per heavy atom. The fraction of sp³-hybridized carbons (Fsp3) is 0.417. The highest BCUT2D eigenvalue weighted by Crippen LogP contribution is 2.04. The largest absolute Gasteiger partial charge is 0.450 e. The molecule has 0 spiro atoms. The zero-order valence-electron chi connectivity index (χ0n) is 12.3. The van der Waals surface area contributed by atoms with Crippen molar-refractivity contribution in [3.05, 3.63) is 27.2 Å². The van der Waals surface area contributed by atoms with E-state index in [1.807, 2.05) is 5.32 Å². The third-order valence-corrected chi connectivity index (χ3v) is 3.05. The zero-order chi connectivity index (χ0) is 16.4. The number of carbonyl (C=O) groups excluding carboxylic acids is 2. The van der Waals surface area contributed by atoms with Gasteiger partial charge in [-0.1, -0.05) is 0 Å². The van der Waals surface area contributed by atoms with Crippen LogP contribution in [0.5, 0.6) is 0 Å². The van der Waals surface area contributed by atoms with Gasteiger partial charge in [0.25, 0.3) is 5.56 Å². The van der Waals surface area contributed by atoms with Crippen molar-refractivity contribution in [3.63, 3.8) is 0 Å². The minimum Gasteiger partial charge on any atom is -0.450 e. The maximum atomic E-state index is 12.2. The SMILES string of the molecule is CCOC(=O)NC(=O)Cn1cnc2c1c(=O)n(C)c(=O)n2C.